The van der Waals surface area contributed by atoms with Crippen molar-refractivity contribution in [3.05, 3.63) is 35.4 Å². The van der Waals surface area contributed by atoms with Gasteiger partial charge in [-0.25, -0.2) is 4.79 Å². The number of carbonyl (C=O) groups excluding carboxylic acids is 1. The van der Waals surface area contributed by atoms with Crippen LogP contribution in [-0.4, -0.2) is 49.6 Å². The van der Waals surface area contributed by atoms with E-state index in [0.717, 1.165) is 31.6 Å². The standard InChI is InChI=1S/C17H24F3N3O/c1-12(14-4-6-15(7-5-14)17(18,19)20)21-16(24)23(3)11-13-8-9-22(2)10-13/h4-7,12-13H,8-11H2,1-3H3,(H,21,24)/t12-,13-/m1/s1. The first-order valence-electron chi connectivity index (χ1n) is 8.04. The van der Waals surface area contributed by atoms with Crippen LogP contribution in [0.1, 0.15) is 30.5 Å². The molecular weight excluding hydrogens is 319 g/mol. The molecular formula is C17H24F3N3O. The van der Waals surface area contributed by atoms with Gasteiger partial charge >= 0.3 is 12.2 Å². The summed E-state index contributed by atoms with van der Waals surface area (Å²) in [5.41, 5.74) is -0.0439. The number of carbonyl (C=O) groups is 1. The number of nitrogens with zero attached hydrogens (tertiary/aromatic N) is 2. The van der Waals surface area contributed by atoms with Gasteiger partial charge in [0.05, 0.1) is 11.6 Å². The molecule has 1 aromatic carbocycles. The summed E-state index contributed by atoms with van der Waals surface area (Å²) in [5, 5.41) is 2.83. The van der Waals surface area contributed by atoms with Crippen molar-refractivity contribution in [2.45, 2.75) is 25.6 Å². The molecule has 0 unspecified atom stereocenters. The van der Waals surface area contributed by atoms with Crippen molar-refractivity contribution in [2.24, 2.45) is 5.92 Å². The molecule has 2 atom stereocenters. The first-order chi connectivity index (χ1) is 11.2. The molecule has 0 aromatic heterocycles. The smallest absolute Gasteiger partial charge is 0.331 e. The van der Waals surface area contributed by atoms with Crippen LogP contribution in [0.25, 0.3) is 0 Å². The Kier molecular flexibility index (Phi) is 5.74. The van der Waals surface area contributed by atoms with Crippen molar-refractivity contribution in [1.82, 2.24) is 15.1 Å². The second kappa shape index (κ2) is 7.42. The van der Waals surface area contributed by atoms with Gasteiger partial charge in [-0.2, -0.15) is 13.2 Å². The minimum absolute atomic E-state index is 0.211. The minimum Gasteiger partial charge on any atom is -0.331 e. The van der Waals surface area contributed by atoms with Crippen molar-refractivity contribution < 1.29 is 18.0 Å². The fourth-order valence-corrected chi connectivity index (χ4v) is 2.99. The van der Waals surface area contributed by atoms with Crippen LogP contribution in [0.4, 0.5) is 18.0 Å². The van der Waals surface area contributed by atoms with E-state index in [4.69, 9.17) is 0 Å². The summed E-state index contributed by atoms with van der Waals surface area (Å²) in [5.74, 6) is 0.465. The monoisotopic (exact) mass is 343 g/mol. The SMILES string of the molecule is C[C@@H](NC(=O)N(C)C[C@@H]1CCN(C)C1)c1ccc(C(F)(F)F)cc1. The van der Waals surface area contributed by atoms with Crippen LogP contribution < -0.4 is 5.32 Å². The highest BCUT2D eigenvalue weighted by Gasteiger charge is 2.30. The average molecular weight is 343 g/mol. The van der Waals surface area contributed by atoms with E-state index in [1.165, 1.54) is 12.1 Å². The zero-order valence-electron chi connectivity index (χ0n) is 14.2. The topological polar surface area (TPSA) is 35.6 Å². The Morgan fingerprint density at radius 2 is 2.00 bits per heavy atom. The number of halogens is 3. The highest BCUT2D eigenvalue weighted by Crippen LogP contribution is 2.29. The number of rotatable bonds is 4. The maximum absolute atomic E-state index is 12.6. The van der Waals surface area contributed by atoms with Gasteiger partial charge in [-0.1, -0.05) is 12.1 Å². The van der Waals surface area contributed by atoms with E-state index < -0.39 is 11.7 Å². The predicted molar refractivity (Wildman–Crippen MR) is 86.6 cm³/mol. The number of urea groups is 1. The van der Waals surface area contributed by atoms with Gasteiger partial charge in [0.15, 0.2) is 0 Å². The maximum Gasteiger partial charge on any atom is 0.416 e. The van der Waals surface area contributed by atoms with Gasteiger partial charge in [-0.3, -0.25) is 0 Å². The third-order valence-corrected chi connectivity index (χ3v) is 4.45. The fraction of sp³-hybridized carbons (Fsp3) is 0.588. The molecule has 24 heavy (non-hydrogen) atoms. The molecule has 0 bridgehead atoms. The molecule has 2 rings (SSSR count). The Bertz CT molecular complexity index is 559. The van der Waals surface area contributed by atoms with E-state index in [1.807, 2.05) is 0 Å². The van der Waals surface area contributed by atoms with E-state index in [2.05, 4.69) is 17.3 Å². The fourth-order valence-electron chi connectivity index (χ4n) is 2.99. The summed E-state index contributed by atoms with van der Waals surface area (Å²) < 4.78 is 37.7. The summed E-state index contributed by atoms with van der Waals surface area (Å²) >= 11 is 0. The number of amides is 2. The normalized spacial score (nSPS) is 20.0. The van der Waals surface area contributed by atoms with Crippen LogP contribution in [0.5, 0.6) is 0 Å². The molecule has 7 heteroatoms. The zero-order valence-corrected chi connectivity index (χ0v) is 14.2. The molecule has 0 aliphatic carbocycles. The van der Waals surface area contributed by atoms with Crippen molar-refractivity contribution >= 4 is 6.03 Å². The van der Waals surface area contributed by atoms with E-state index in [1.54, 1.807) is 18.9 Å². The molecule has 1 aliphatic heterocycles. The molecule has 134 valence electrons. The molecule has 1 aromatic rings. The lowest BCUT2D eigenvalue weighted by Crippen LogP contribution is -2.41. The number of nitrogens with one attached hydrogen (secondary N) is 1. The van der Waals surface area contributed by atoms with Gasteiger partial charge in [0, 0.05) is 20.1 Å². The van der Waals surface area contributed by atoms with E-state index in [9.17, 15) is 18.0 Å². The van der Waals surface area contributed by atoms with Crippen LogP contribution in [0, 0.1) is 5.92 Å². The first-order valence-corrected chi connectivity index (χ1v) is 8.04. The van der Waals surface area contributed by atoms with E-state index in [0.29, 0.717) is 18.0 Å². The second-order valence-corrected chi connectivity index (χ2v) is 6.59. The summed E-state index contributed by atoms with van der Waals surface area (Å²) in [4.78, 5) is 16.1. The van der Waals surface area contributed by atoms with Crippen molar-refractivity contribution in [1.29, 1.82) is 0 Å². The highest BCUT2D eigenvalue weighted by atomic mass is 19.4. The van der Waals surface area contributed by atoms with Gasteiger partial charge in [0.25, 0.3) is 0 Å². The average Bonchev–Trinajstić information content (AvgIpc) is 2.91. The number of hydrogen-bond donors (Lipinski definition) is 1. The van der Waals surface area contributed by atoms with Gasteiger partial charge in [-0.15, -0.1) is 0 Å². The molecule has 1 aliphatic rings. The third-order valence-electron chi connectivity index (χ3n) is 4.45. The maximum atomic E-state index is 12.6. The number of alkyl halides is 3. The van der Waals surface area contributed by atoms with Crippen LogP contribution in [0.2, 0.25) is 0 Å². The Labute approximate surface area is 140 Å². The Hall–Kier alpha value is -1.76. The summed E-state index contributed by atoms with van der Waals surface area (Å²) in [6.45, 7) is 4.46. The number of benzene rings is 1. The van der Waals surface area contributed by atoms with Gasteiger partial charge in [0.2, 0.25) is 0 Å². The lowest BCUT2D eigenvalue weighted by atomic mass is 10.1. The van der Waals surface area contributed by atoms with Crippen molar-refractivity contribution in [2.75, 3.05) is 33.7 Å². The van der Waals surface area contributed by atoms with E-state index in [-0.39, 0.29) is 12.1 Å². The summed E-state index contributed by atoms with van der Waals surface area (Å²) in [6.07, 6.45) is -3.28. The lowest BCUT2D eigenvalue weighted by Gasteiger charge is -2.24. The van der Waals surface area contributed by atoms with Crippen LogP contribution in [0.15, 0.2) is 24.3 Å². The summed E-state index contributed by atoms with van der Waals surface area (Å²) in [6, 6.07) is 4.32. The van der Waals surface area contributed by atoms with E-state index >= 15 is 0 Å². The van der Waals surface area contributed by atoms with Crippen molar-refractivity contribution in [3.8, 4) is 0 Å². The third kappa shape index (κ3) is 4.87. The molecule has 4 nitrogen and oxygen atoms in total. The van der Waals surface area contributed by atoms with Crippen LogP contribution in [-0.2, 0) is 6.18 Å². The van der Waals surface area contributed by atoms with Gasteiger partial charge in [-0.05, 0) is 50.6 Å². The summed E-state index contributed by atoms with van der Waals surface area (Å²) in [7, 11) is 3.81. The molecule has 1 N–H and O–H groups in total. The molecule has 0 radical (unpaired) electrons. The Morgan fingerprint density at radius 1 is 1.38 bits per heavy atom. The second-order valence-electron chi connectivity index (χ2n) is 6.59. The Balaban J connectivity index is 1.88. The zero-order chi connectivity index (χ0) is 17.9. The molecule has 2 amide bonds. The van der Waals surface area contributed by atoms with Crippen molar-refractivity contribution in [3.63, 3.8) is 0 Å². The molecule has 0 saturated carbocycles. The molecule has 0 spiro atoms. The van der Waals surface area contributed by atoms with Crippen LogP contribution in [0.3, 0.4) is 0 Å². The quantitative estimate of drug-likeness (QED) is 0.910. The molecule has 1 saturated heterocycles. The van der Waals surface area contributed by atoms with Crippen LogP contribution >= 0.6 is 0 Å². The molecule has 1 fully saturated rings. The predicted octanol–water partition coefficient (Wildman–Crippen LogP) is 3.36. The minimum atomic E-state index is -4.35. The first kappa shape index (κ1) is 18.6. The van der Waals surface area contributed by atoms with Gasteiger partial charge in [0.1, 0.15) is 0 Å². The largest absolute Gasteiger partial charge is 0.416 e. The molecule has 1 heterocycles. The Morgan fingerprint density at radius 3 is 2.50 bits per heavy atom. The number of likely N-dealkylation sites (tertiary alicyclic amines) is 1. The highest BCUT2D eigenvalue weighted by molar-refractivity contribution is 5.74. The lowest BCUT2D eigenvalue weighted by molar-refractivity contribution is -0.137. The number of hydrogen-bond acceptors (Lipinski definition) is 2. The van der Waals surface area contributed by atoms with Gasteiger partial charge < -0.3 is 15.1 Å².